The molecular formula is C10H20N2O. The molecule has 0 amide bonds. The zero-order valence-electron chi connectivity index (χ0n) is 8.51. The van der Waals surface area contributed by atoms with Crippen LogP contribution in [0.25, 0.3) is 0 Å². The summed E-state index contributed by atoms with van der Waals surface area (Å²) in [7, 11) is 0. The van der Waals surface area contributed by atoms with E-state index < -0.39 is 0 Å². The van der Waals surface area contributed by atoms with Crippen molar-refractivity contribution >= 4 is 0 Å². The highest BCUT2D eigenvalue weighted by Crippen LogP contribution is 2.27. The second-order valence-electron chi connectivity index (χ2n) is 4.35. The molecule has 0 bridgehead atoms. The number of nitrogens with one attached hydrogen (secondary N) is 1. The largest absolute Gasteiger partial charge is 0.381 e. The van der Waals surface area contributed by atoms with E-state index in [9.17, 15) is 0 Å². The van der Waals surface area contributed by atoms with Crippen molar-refractivity contribution in [2.75, 3.05) is 39.4 Å². The third kappa shape index (κ3) is 2.03. The molecule has 0 radical (unpaired) electrons. The van der Waals surface area contributed by atoms with Crippen molar-refractivity contribution in [1.29, 1.82) is 0 Å². The minimum absolute atomic E-state index is 0.417. The van der Waals surface area contributed by atoms with Crippen molar-refractivity contribution in [3.63, 3.8) is 0 Å². The number of ether oxygens (including phenoxy) is 1. The van der Waals surface area contributed by atoms with Gasteiger partial charge in [0.05, 0.1) is 0 Å². The van der Waals surface area contributed by atoms with Gasteiger partial charge in [-0.05, 0) is 19.8 Å². The van der Waals surface area contributed by atoms with Gasteiger partial charge in [-0.3, -0.25) is 4.90 Å². The van der Waals surface area contributed by atoms with Gasteiger partial charge in [0, 0.05) is 44.9 Å². The normalized spacial score (nSPS) is 30.2. The summed E-state index contributed by atoms with van der Waals surface area (Å²) < 4.78 is 5.41. The van der Waals surface area contributed by atoms with E-state index in [4.69, 9.17) is 4.74 Å². The monoisotopic (exact) mass is 184 g/mol. The molecule has 76 valence electrons. The average molecular weight is 184 g/mol. The van der Waals surface area contributed by atoms with E-state index in [1.807, 2.05) is 0 Å². The first kappa shape index (κ1) is 9.44. The number of nitrogens with zero attached hydrogens (tertiary/aromatic N) is 1. The Bertz CT molecular complexity index is 160. The zero-order chi connectivity index (χ0) is 9.15. The molecule has 0 aliphatic carbocycles. The third-order valence-corrected chi connectivity index (χ3v) is 3.45. The van der Waals surface area contributed by atoms with Gasteiger partial charge in [-0.25, -0.2) is 0 Å². The van der Waals surface area contributed by atoms with Crippen LogP contribution in [-0.4, -0.2) is 49.8 Å². The lowest BCUT2D eigenvalue weighted by atomic mass is 9.90. The van der Waals surface area contributed by atoms with Crippen LogP contribution in [0.1, 0.15) is 19.8 Å². The maximum Gasteiger partial charge on any atom is 0.0483 e. The fourth-order valence-electron chi connectivity index (χ4n) is 2.33. The summed E-state index contributed by atoms with van der Waals surface area (Å²) in [6.45, 7) is 8.99. The van der Waals surface area contributed by atoms with Crippen LogP contribution in [-0.2, 0) is 4.74 Å². The fraction of sp³-hybridized carbons (Fsp3) is 1.00. The van der Waals surface area contributed by atoms with Crippen LogP contribution in [0.2, 0.25) is 0 Å². The predicted octanol–water partition coefficient (Wildman–Crippen LogP) is 0.461. The SMILES string of the molecule is CC1(N2CCNCC2)CCOCC1. The lowest BCUT2D eigenvalue weighted by molar-refractivity contribution is -0.0234. The predicted molar refractivity (Wildman–Crippen MR) is 52.9 cm³/mol. The molecule has 2 heterocycles. The van der Waals surface area contributed by atoms with Gasteiger partial charge >= 0.3 is 0 Å². The lowest BCUT2D eigenvalue weighted by Crippen LogP contribution is -2.56. The molecule has 0 aromatic heterocycles. The van der Waals surface area contributed by atoms with Crippen LogP contribution < -0.4 is 5.32 Å². The third-order valence-electron chi connectivity index (χ3n) is 3.45. The molecule has 3 heteroatoms. The number of hydrogen-bond donors (Lipinski definition) is 1. The molecule has 2 rings (SSSR count). The average Bonchev–Trinajstić information content (AvgIpc) is 2.20. The number of rotatable bonds is 1. The standard InChI is InChI=1S/C10H20N2O/c1-10(2-8-13-9-3-10)12-6-4-11-5-7-12/h11H,2-9H2,1H3. The topological polar surface area (TPSA) is 24.5 Å². The van der Waals surface area contributed by atoms with Gasteiger partial charge in [0.25, 0.3) is 0 Å². The van der Waals surface area contributed by atoms with Crippen molar-refractivity contribution in [3.8, 4) is 0 Å². The molecule has 0 unspecified atom stereocenters. The summed E-state index contributed by atoms with van der Waals surface area (Å²) in [5.74, 6) is 0. The molecule has 1 N–H and O–H groups in total. The molecule has 0 aromatic rings. The van der Waals surface area contributed by atoms with E-state index >= 15 is 0 Å². The Labute approximate surface area is 80.4 Å². The van der Waals surface area contributed by atoms with Crippen LogP contribution >= 0.6 is 0 Å². The maximum absolute atomic E-state index is 5.41. The van der Waals surface area contributed by atoms with Crippen LogP contribution in [0.3, 0.4) is 0 Å². The summed E-state index contributed by atoms with van der Waals surface area (Å²) in [5.41, 5.74) is 0.417. The molecule has 3 nitrogen and oxygen atoms in total. The molecule has 2 saturated heterocycles. The molecule has 2 aliphatic rings. The van der Waals surface area contributed by atoms with E-state index in [-0.39, 0.29) is 0 Å². The van der Waals surface area contributed by atoms with E-state index in [1.165, 1.54) is 25.9 Å². The van der Waals surface area contributed by atoms with Gasteiger partial charge in [-0.1, -0.05) is 0 Å². The molecule has 0 spiro atoms. The second-order valence-corrected chi connectivity index (χ2v) is 4.35. The smallest absolute Gasteiger partial charge is 0.0483 e. The Balaban J connectivity index is 1.94. The van der Waals surface area contributed by atoms with Gasteiger partial charge in [0.1, 0.15) is 0 Å². The fourth-order valence-corrected chi connectivity index (χ4v) is 2.33. The molecule has 0 saturated carbocycles. The van der Waals surface area contributed by atoms with E-state index in [0.717, 1.165) is 26.3 Å². The highest BCUT2D eigenvalue weighted by Gasteiger charge is 2.33. The minimum Gasteiger partial charge on any atom is -0.381 e. The quantitative estimate of drug-likeness (QED) is 0.641. The summed E-state index contributed by atoms with van der Waals surface area (Å²) in [4.78, 5) is 2.63. The Kier molecular flexibility index (Phi) is 2.86. The first-order chi connectivity index (χ1) is 6.31. The molecule has 2 aliphatic heterocycles. The van der Waals surface area contributed by atoms with Gasteiger partial charge in [-0.2, -0.15) is 0 Å². The Morgan fingerprint density at radius 2 is 1.77 bits per heavy atom. The van der Waals surface area contributed by atoms with Crippen molar-refractivity contribution in [1.82, 2.24) is 10.2 Å². The highest BCUT2D eigenvalue weighted by molar-refractivity contribution is 4.90. The number of hydrogen-bond acceptors (Lipinski definition) is 3. The first-order valence-electron chi connectivity index (χ1n) is 5.35. The first-order valence-corrected chi connectivity index (χ1v) is 5.35. The van der Waals surface area contributed by atoms with Crippen molar-refractivity contribution in [2.45, 2.75) is 25.3 Å². The number of piperazine rings is 1. The van der Waals surface area contributed by atoms with Crippen LogP contribution in [0.5, 0.6) is 0 Å². The van der Waals surface area contributed by atoms with Crippen molar-refractivity contribution in [2.24, 2.45) is 0 Å². The highest BCUT2D eigenvalue weighted by atomic mass is 16.5. The molecular weight excluding hydrogens is 164 g/mol. The van der Waals surface area contributed by atoms with Crippen LogP contribution in [0, 0.1) is 0 Å². The Morgan fingerprint density at radius 1 is 1.15 bits per heavy atom. The molecule has 2 fully saturated rings. The van der Waals surface area contributed by atoms with Gasteiger partial charge in [-0.15, -0.1) is 0 Å². The summed E-state index contributed by atoms with van der Waals surface area (Å²) in [5, 5.41) is 3.40. The lowest BCUT2D eigenvalue weighted by Gasteiger charge is -2.45. The van der Waals surface area contributed by atoms with Crippen LogP contribution in [0.4, 0.5) is 0 Å². The molecule has 0 atom stereocenters. The summed E-state index contributed by atoms with van der Waals surface area (Å²) in [6, 6.07) is 0. The van der Waals surface area contributed by atoms with Crippen molar-refractivity contribution in [3.05, 3.63) is 0 Å². The second kappa shape index (κ2) is 3.95. The zero-order valence-corrected chi connectivity index (χ0v) is 8.51. The molecule has 0 aromatic carbocycles. The van der Waals surface area contributed by atoms with Crippen molar-refractivity contribution < 1.29 is 4.74 Å². The van der Waals surface area contributed by atoms with Crippen LogP contribution in [0.15, 0.2) is 0 Å². The van der Waals surface area contributed by atoms with E-state index in [2.05, 4.69) is 17.1 Å². The molecule has 13 heavy (non-hydrogen) atoms. The van der Waals surface area contributed by atoms with E-state index in [1.54, 1.807) is 0 Å². The Morgan fingerprint density at radius 3 is 2.38 bits per heavy atom. The van der Waals surface area contributed by atoms with Gasteiger partial charge in [0.15, 0.2) is 0 Å². The van der Waals surface area contributed by atoms with E-state index in [0.29, 0.717) is 5.54 Å². The summed E-state index contributed by atoms with van der Waals surface area (Å²) in [6.07, 6.45) is 2.40. The van der Waals surface area contributed by atoms with Gasteiger partial charge in [0.2, 0.25) is 0 Å². The minimum atomic E-state index is 0.417. The summed E-state index contributed by atoms with van der Waals surface area (Å²) >= 11 is 0. The Hall–Kier alpha value is -0.120. The maximum atomic E-state index is 5.41. The van der Waals surface area contributed by atoms with Gasteiger partial charge < -0.3 is 10.1 Å².